The molecule has 14 heavy (non-hydrogen) atoms. The van der Waals surface area contributed by atoms with E-state index in [1.54, 1.807) is 0 Å². The minimum Gasteiger partial charge on any atom is -0.303 e. The molecule has 2 heteroatoms. The van der Waals surface area contributed by atoms with Crippen LogP contribution in [0.2, 0.25) is 0 Å². The molecule has 0 aromatic rings. The number of alkyl halides is 1. The lowest BCUT2D eigenvalue weighted by molar-refractivity contribution is 0.0661. The summed E-state index contributed by atoms with van der Waals surface area (Å²) in [6.45, 7) is 6.35. The van der Waals surface area contributed by atoms with Crippen LogP contribution in [0.25, 0.3) is 0 Å². The molecule has 1 nitrogen and oxygen atoms in total. The first-order valence-electron chi connectivity index (χ1n) is 6.00. The van der Waals surface area contributed by atoms with Gasteiger partial charge in [-0.15, -0.1) is 11.6 Å². The van der Waals surface area contributed by atoms with Crippen molar-refractivity contribution in [3.8, 4) is 0 Å². The Morgan fingerprint density at radius 1 is 1.29 bits per heavy atom. The van der Waals surface area contributed by atoms with Gasteiger partial charge in [0.25, 0.3) is 0 Å². The molecule has 2 aliphatic rings. The predicted octanol–water partition coefficient (Wildman–Crippen LogP) is 3.13. The van der Waals surface area contributed by atoms with Crippen LogP contribution in [0.5, 0.6) is 0 Å². The molecule has 0 bridgehead atoms. The second-order valence-corrected chi connectivity index (χ2v) is 5.85. The number of hydrogen-bond donors (Lipinski definition) is 0. The lowest BCUT2D eigenvalue weighted by Gasteiger charge is -2.44. The van der Waals surface area contributed by atoms with Gasteiger partial charge >= 0.3 is 0 Å². The van der Waals surface area contributed by atoms with Gasteiger partial charge in [0, 0.05) is 12.4 Å². The van der Waals surface area contributed by atoms with Gasteiger partial charge in [-0.3, -0.25) is 0 Å². The zero-order valence-electron chi connectivity index (χ0n) is 9.27. The van der Waals surface area contributed by atoms with E-state index in [0.717, 1.165) is 11.8 Å². The fraction of sp³-hybridized carbons (Fsp3) is 1.00. The second-order valence-electron chi connectivity index (χ2n) is 5.54. The molecule has 0 N–H and O–H groups in total. The highest BCUT2D eigenvalue weighted by Crippen LogP contribution is 2.41. The number of hydrogen-bond acceptors (Lipinski definition) is 1. The lowest BCUT2D eigenvalue weighted by Crippen LogP contribution is -2.44. The molecular weight excluding hydrogens is 194 g/mol. The van der Waals surface area contributed by atoms with Crippen LogP contribution in [0.1, 0.15) is 39.0 Å². The molecule has 1 aliphatic carbocycles. The average molecular weight is 216 g/mol. The van der Waals surface area contributed by atoms with E-state index in [4.69, 9.17) is 11.6 Å². The summed E-state index contributed by atoms with van der Waals surface area (Å²) in [6, 6.07) is 0. The zero-order valence-corrected chi connectivity index (χ0v) is 10.0. The molecule has 0 unspecified atom stereocenters. The second kappa shape index (κ2) is 4.40. The highest BCUT2D eigenvalue weighted by molar-refractivity contribution is 6.18. The third-order valence-corrected chi connectivity index (χ3v) is 4.53. The maximum Gasteiger partial charge on any atom is 0.0252 e. The van der Waals surface area contributed by atoms with Gasteiger partial charge < -0.3 is 4.90 Å². The zero-order chi connectivity index (χ0) is 10.0. The molecule has 2 fully saturated rings. The van der Waals surface area contributed by atoms with Crippen molar-refractivity contribution in [3.05, 3.63) is 0 Å². The summed E-state index contributed by atoms with van der Waals surface area (Å²) < 4.78 is 0. The van der Waals surface area contributed by atoms with E-state index in [1.165, 1.54) is 51.7 Å². The number of piperidine rings is 1. The van der Waals surface area contributed by atoms with E-state index in [2.05, 4.69) is 11.8 Å². The van der Waals surface area contributed by atoms with Crippen LogP contribution in [0, 0.1) is 11.3 Å². The highest BCUT2D eigenvalue weighted by Gasteiger charge is 2.34. The first-order valence-corrected chi connectivity index (χ1v) is 6.54. The third kappa shape index (κ3) is 2.43. The first kappa shape index (κ1) is 10.8. The molecule has 1 saturated heterocycles. The van der Waals surface area contributed by atoms with Crippen LogP contribution >= 0.6 is 11.6 Å². The summed E-state index contributed by atoms with van der Waals surface area (Å²) in [4.78, 5) is 2.65. The van der Waals surface area contributed by atoms with Gasteiger partial charge in [0.1, 0.15) is 0 Å². The van der Waals surface area contributed by atoms with E-state index in [-0.39, 0.29) is 0 Å². The summed E-state index contributed by atoms with van der Waals surface area (Å²) in [5, 5.41) is 0. The standard InChI is InChI=1S/C12H22ClN/c1-12(5-2-6-12)10-14-7-3-11(9-13)4-8-14/h11H,2-10H2,1H3. The van der Waals surface area contributed by atoms with Gasteiger partial charge in [0.2, 0.25) is 0 Å². The molecule has 0 radical (unpaired) electrons. The van der Waals surface area contributed by atoms with Gasteiger partial charge in [-0.05, 0) is 50.1 Å². The van der Waals surface area contributed by atoms with E-state index in [1.807, 2.05) is 0 Å². The topological polar surface area (TPSA) is 3.24 Å². The molecule has 1 aliphatic heterocycles. The molecule has 2 rings (SSSR count). The molecule has 0 amide bonds. The van der Waals surface area contributed by atoms with Crippen molar-refractivity contribution >= 4 is 11.6 Å². The van der Waals surface area contributed by atoms with Crippen molar-refractivity contribution < 1.29 is 0 Å². The number of likely N-dealkylation sites (tertiary alicyclic amines) is 1. The highest BCUT2D eigenvalue weighted by atomic mass is 35.5. The normalized spacial score (nSPS) is 28.7. The van der Waals surface area contributed by atoms with Crippen molar-refractivity contribution in [2.45, 2.75) is 39.0 Å². The summed E-state index contributed by atoms with van der Waals surface area (Å²) >= 11 is 5.88. The van der Waals surface area contributed by atoms with Crippen LogP contribution in [0.3, 0.4) is 0 Å². The van der Waals surface area contributed by atoms with Crippen molar-refractivity contribution in [2.75, 3.05) is 25.5 Å². The molecule has 0 spiro atoms. The average Bonchev–Trinajstić information content (AvgIpc) is 2.17. The molecule has 1 heterocycles. The van der Waals surface area contributed by atoms with Crippen molar-refractivity contribution in [3.63, 3.8) is 0 Å². The Hall–Kier alpha value is 0.250. The van der Waals surface area contributed by atoms with Gasteiger partial charge in [-0.2, -0.15) is 0 Å². The van der Waals surface area contributed by atoms with Crippen LogP contribution in [-0.2, 0) is 0 Å². The maximum absolute atomic E-state index is 5.88. The summed E-state index contributed by atoms with van der Waals surface area (Å²) in [5.41, 5.74) is 0.661. The van der Waals surface area contributed by atoms with Gasteiger partial charge in [-0.1, -0.05) is 13.3 Å². The Kier molecular flexibility index (Phi) is 3.38. The maximum atomic E-state index is 5.88. The van der Waals surface area contributed by atoms with E-state index in [0.29, 0.717) is 5.41 Å². The first-order chi connectivity index (χ1) is 6.72. The van der Waals surface area contributed by atoms with Gasteiger partial charge in [0.05, 0.1) is 0 Å². The number of rotatable bonds is 3. The lowest BCUT2D eigenvalue weighted by atomic mass is 9.70. The molecule has 0 atom stereocenters. The van der Waals surface area contributed by atoms with Crippen LogP contribution < -0.4 is 0 Å². The minimum absolute atomic E-state index is 0.661. The van der Waals surface area contributed by atoms with E-state index >= 15 is 0 Å². The molecule has 1 saturated carbocycles. The van der Waals surface area contributed by atoms with E-state index < -0.39 is 0 Å². The Morgan fingerprint density at radius 3 is 2.36 bits per heavy atom. The SMILES string of the molecule is CC1(CN2CCC(CCl)CC2)CCC1. The summed E-state index contributed by atoms with van der Waals surface area (Å²) in [6.07, 6.45) is 6.98. The smallest absolute Gasteiger partial charge is 0.0252 e. The largest absolute Gasteiger partial charge is 0.303 e. The van der Waals surface area contributed by atoms with Crippen LogP contribution in [-0.4, -0.2) is 30.4 Å². The molecule has 0 aromatic carbocycles. The predicted molar refractivity (Wildman–Crippen MR) is 61.8 cm³/mol. The number of nitrogens with zero attached hydrogens (tertiary/aromatic N) is 1. The Balaban J connectivity index is 1.73. The fourth-order valence-corrected chi connectivity index (χ4v) is 3.09. The van der Waals surface area contributed by atoms with Crippen molar-refractivity contribution in [2.24, 2.45) is 11.3 Å². The van der Waals surface area contributed by atoms with E-state index in [9.17, 15) is 0 Å². The summed E-state index contributed by atoms with van der Waals surface area (Å²) in [5.74, 6) is 1.66. The number of halogens is 1. The third-order valence-electron chi connectivity index (χ3n) is 4.09. The van der Waals surface area contributed by atoms with Crippen molar-refractivity contribution in [1.82, 2.24) is 4.90 Å². The fourth-order valence-electron chi connectivity index (χ4n) is 2.78. The molecule has 82 valence electrons. The summed E-state index contributed by atoms with van der Waals surface area (Å²) in [7, 11) is 0. The van der Waals surface area contributed by atoms with Crippen LogP contribution in [0.15, 0.2) is 0 Å². The Bertz CT molecular complexity index is 181. The van der Waals surface area contributed by atoms with Crippen LogP contribution in [0.4, 0.5) is 0 Å². The Morgan fingerprint density at radius 2 is 1.93 bits per heavy atom. The monoisotopic (exact) mass is 215 g/mol. The van der Waals surface area contributed by atoms with Crippen molar-refractivity contribution in [1.29, 1.82) is 0 Å². The minimum atomic E-state index is 0.661. The quantitative estimate of drug-likeness (QED) is 0.654. The molecule has 0 aromatic heterocycles. The van der Waals surface area contributed by atoms with Gasteiger partial charge in [-0.25, -0.2) is 0 Å². The molecular formula is C12H22ClN. The van der Waals surface area contributed by atoms with Gasteiger partial charge in [0.15, 0.2) is 0 Å². The Labute approximate surface area is 92.8 Å².